The van der Waals surface area contributed by atoms with Gasteiger partial charge in [0.05, 0.1) is 19.9 Å². The van der Waals surface area contributed by atoms with Crippen LogP contribution in [0.4, 0.5) is 0 Å². The first-order chi connectivity index (χ1) is 12.2. The van der Waals surface area contributed by atoms with Gasteiger partial charge in [-0.1, -0.05) is 23.8 Å². The molecule has 0 radical (unpaired) electrons. The van der Waals surface area contributed by atoms with E-state index in [-0.39, 0.29) is 5.91 Å². The lowest BCUT2D eigenvalue weighted by molar-refractivity contribution is 0.0941. The van der Waals surface area contributed by atoms with Crippen molar-refractivity contribution in [1.29, 1.82) is 0 Å². The van der Waals surface area contributed by atoms with Crippen molar-refractivity contribution in [1.82, 2.24) is 25.2 Å². The number of amides is 1. The van der Waals surface area contributed by atoms with Gasteiger partial charge >= 0.3 is 0 Å². The van der Waals surface area contributed by atoms with Gasteiger partial charge < -0.3 is 15.0 Å². The predicted octanol–water partition coefficient (Wildman–Crippen LogP) is 1.55. The van der Waals surface area contributed by atoms with E-state index in [0.29, 0.717) is 18.8 Å². The number of methoxy groups -OCH3 is 1. The highest BCUT2D eigenvalue weighted by molar-refractivity contribution is 5.91. The molecule has 0 saturated carbocycles. The van der Waals surface area contributed by atoms with Crippen molar-refractivity contribution in [3.63, 3.8) is 0 Å². The molecule has 1 aromatic carbocycles. The fraction of sp³-hybridized carbons (Fsp3) is 0.500. The number of aromatic nitrogens is 3. The lowest BCUT2D eigenvalue weighted by atomic mass is 10.1. The quantitative estimate of drug-likeness (QED) is 0.826. The third-order valence-corrected chi connectivity index (χ3v) is 4.44. The zero-order chi connectivity index (χ0) is 17.5. The summed E-state index contributed by atoms with van der Waals surface area (Å²) >= 11 is 0. The number of benzene rings is 1. The summed E-state index contributed by atoms with van der Waals surface area (Å²) in [6.07, 6.45) is 5.52. The predicted molar refractivity (Wildman–Crippen MR) is 94.7 cm³/mol. The van der Waals surface area contributed by atoms with Gasteiger partial charge in [0.1, 0.15) is 5.75 Å². The highest BCUT2D eigenvalue weighted by atomic mass is 16.5. The van der Waals surface area contributed by atoms with Crippen LogP contribution in [0.1, 0.15) is 35.3 Å². The zero-order valence-corrected chi connectivity index (χ0v) is 14.6. The fourth-order valence-corrected chi connectivity index (χ4v) is 3.00. The van der Waals surface area contributed by atoms with E-state index in [9.17, 15) is 4.79 Å². The molecule has 7 nitrogen and oxygen atoms in total. The number of rotatable bonds is 7. The summed E-state index contributed by atoms with van der Waals surface area (Å²) in [5, 5.41) is 10.9. The molecule has 1 fully saturated rings. The molecule has 0 bridgehead atoms. The van der Waals surface area contributed by atoms with Gasteiger partial charge in [0.15, 0.2) is 5.69 Å². The van der Waals surface area contributed by atoms with E-state index in [1.165, 1.54) is 19.3 Å². The van der Waals surface area contributed by atoms with E-state index in [0.717, 1.165) is 30.9 Å². The van der Waals surface area contributed by atoms with Crippen LogP contribution in [0.25, 0.3) is 0 Å². The van der Waals surface area contributed by atoms with Gasteiger partial charge in [-0.3, -0.25) is 4.79 Å². The van der Waals surface area contributed by atoms with Crippen molar-refractivity contribution in [2.75, 3.05) is 33.3 Å². The third kappa shape index (κ3) is 5.03. The molecular formula is C18H25N5O2. The van der Waals surface area contributed by atoms with Gasteiger partial charge in [-0.2, -0.15) is 0 Å². The maximum Gasteiger partial charge on any atom is 0.273 e. The molecule has 1 N–H and O–H groups in total. The first kappa shape index (κ1) is 17.4. The SMILES string of the molecule is COc1ccc(Cn2cc(C(=O)NCCN3CCCCC3)nn2)cc1. The second-order valence-corrected chi connectivity index (χ2v) is 6.31. The van der Waals surface area contributed by atoms with Crippen LogP contribution in [-0.4, -0.2) is 59.1 Å². The van der Waals surface area contributed by atoms with E-state index in [1.54, 1.807) is 18.0 Å². The monoisotopic (exact) mass is 343 g/mol. The van der Waals surface area contributed by atoms with Gasteiger partial charge in [0.25, 0.3) is 5.91 Å². The summed E-state index contributed by atoms with van der Waals surface area (Å²) in [4.78, 5) is 14.6. The van der Waals surface area contributed by atoms with Crippen molar-refractivity contribution in [3.8, 4) is 5.75 Å². The molecule has 0 aliphatic carbocycles. The number of likely N-dealkylation sites (tertiary alicyclic amines) is 1. The summed E-state index contributed by atoms with van der Waals surface area (Å²) in [7, 11) is 1.64. The Hall–Kier alpha value is -2.41. The first-order valence-corrected chi connectivity index (χ1v) is 8.78. The van der Waals surface area contributed by atoms with Gasteiger partial charge in [-0.15, -0.1) is 5.10 Å². The average Bonchev–Trinajstić information content (AvgIpc) is 3.12. The molecule has 2 heterocycles. The van der Waals surface area contributed by atoms with Crippen LogP contribution < -0.4 is 10.1 Å². The normalized spacial score (nSPS) is 15.1. The lowest BCUT2D eigenvalue weighted by Gasteiger charge is -2.26. The smallest absolute Gasteiger partial charge is 0.273 e. The van der Waals surface area contributed by atoms with Crippen molar-refractivity contribution in [2.24, 2.45) is 0 Å². The van der Waals surface area contributed by atoms with Gasteiger partial charge in [-0.25, -0.2) is 4.68 Å². The van der Waals surface area contributed by atoms with E-state index in [2.05, 4.69) is 20.5 Å². The number of carbonyl (C=O) groups is 1. The number of piperidine rings is 1. The van der Waals surface area contributed by atoms with Crippen LogP contribution in [0.3, 0.4) is 0 Å². The zero-order valence-electron chi connectivity index (χ0n) is 14.6. The molecule has 0 unspecified atom stereocenters. The molecule has 25 heavy (non-hydrogen) atoms. The van der Waals surface area contributed by atoms with Crippen LogP contribution in [0.15, 0.2) is 30.5 Å². The summed E-state index contributed by atoms with van der Waals surface area (Å²) in [6.45, 7) is 4.37. The molecular weight excluding hydrogens is 318 g/mol. The number of nitrogens with zero attached hydrogens (tertiary/aromatic N) is 4. The standard InChI is InChI=1S/C18H25N5O2/c1-25-16-7-5-15(6-8-16)13-23-14-17(20-21-23)18(24)19-9-12-22-10-3-2-4-11-22/h5-8,14H,2-4,9-13H2,1H3,(H,19,24). The van der Waals surface area contributed by atoms with Crippen LogP contribution in [0, 0.1) is 0 Å². The Morgan fingerprint density at radius 1 is 1.20 bits per heavy atom. The highest BCUT2D eigenvalue weighted by Crippen LogP contribution is 2.12. The topological polar surface area (TPSA) is 72.3 Å². The Kier molecular flexibility index (Phi) is 6.00. The summed E-state index contributed by atoms with van der Waals surface area (Å²) in [6, 6.07) is 7.75. The van der Waals surface area contributed by atoms with Crippen LogP contribution >= 0.6 is 0 Å². The average molecular weight is 343 g/mol. The number of carbonyl (C=O) groups excluding carboxylic acids is 1. The minimum absolute atomic E-state index is 0.169. The molecule has 1 aliphatic heterocycles. The Morgan fingerprint density at radius 2 is 1.96 bits per heavy atom. The van der Waals surface area contributed by atoms with Gasteiger partial charge in [-0.05, 0) is 43.6 Å². The van der Waals surface area contributed by atoms with Crippen LogP contribution in [0.5, 0.6) is 5.75 Å². The second-order valence-electron chi connectivity index (χ2n) is 6.31. The maximum absolute atomic E-state index is 12.2. The molecule has 1 amide bonds. The number of nitrogens with one attached hydrogen (secondary N) is 1. The van der Waals surface area contributed by atoms with Crippen LogP contribution in [0.2, 0.25) is 0 Å². The van der Waals surface area contributed by atoms with E-state index in [4.69, 9.17) is 4.74 Å². The molecule has 134 valence electrons. The fourth-order valence-electron chi connectivity index (χ4n) is 3.00. The van der Waals surface area contributed by atoms with Gasteiger partial charge in [0, 0.05) is 13.1 Å². The molecule has 1 aromatic heterocycles. The second kappa shape index (κ2) is 8.62. The molecule has 2 aromatic rings. The number of ether oxygens (including phenoxy) is 1. The Labute approximate surface area is 148 Å². The summed E-state index contributed by atoms with van der Waals surface area (Å²) in [5.41, 5.74) is 1.43. The van der Waals surface area contributed by atoms with Crippen molar-refractivity contribution in [3.05, 3.63) is 41.7 Å². The number of hydrogen-bond donors (Lipinski definition) is 1. The minimum atomic E-state index is -0.169. The van der Waals surface area contributed by atoms with Crippen molar-refractivity contribution >= 4 is 5.91 Å². The van der Waals surface area contributed by atoms with E-state index < -0.39 is 0 Å². The maximum atomic E-state index is 12.2. The third-order valence-electron chi connectivity index (χ3n) is 4.44. The first-order valence-electron chi connectivity index (χ1n) is 8.78. The van der Waals surface area contributed by atoms with Gasteiger partial charge in [0.2, 0.25) is 0 Å². The Balaban J connectivity index is 1.47. The Morgan fingerprint density at radius 3 is 2.68 bits per heavy atom. The highest BCUT2D eigenvalue weighted by Gasteiger charge is 2.13. The van der Waals surface area contributed by atoms with Crippen LogP contribution in [-0.2, 0) is 6.54 Å². The molecule has 0 spiro atoms. The van der Waals surface area contributed by atoms with Crippen molar-refractivity contribution < 1.29 is 9.53 Å². The molecule has 3 rings (SSSR count). The minimum Gasteiger partial charge on any atom is -0.497 e. The molecule has 7 heteroatoms. The van der Waals surface area contributed by atoms with E-state index in [1.807, 2.05) is 24.3 Å². The molecule has 1 aliphatic rings. The van der Waals surface area contributed by atoms with Crippen molar-refractivity contribution in [2.45, 2.75) is 25.8 Å². The molecule has 0 atom stereocenters. The summed E-state index contributed by atoms with van der Waals surface area (Å²) in [5.74, 6) is 0.647. The lowest BCUT2D eigenvalue weighted by Crippen LogP contribution is -2.37. The Bertz CT molecular complexity index is 677. The summed E-state index contributed by atoms with van der Waals surface area (Å²) < 4.78 is 6.81. The molecule has 1 saturated heterocycles. The van der Waals surface area contributed by atoms with E-state index >= 15 is 0 Å². The number of hydrogen-bond acceptors (Lipinski definition) is 5. The largest absolute Gasteiger partial charge is 0.497 e.